The van der Waals surface area contributed by atoms with Crippen molar-refractivity contribution in [1.82, 2.24) is 5.32 Å². The molecule has 0 bridgehead atoms. The van der Waals surface area contributed by atoms with Gasteiger partial charge in [-0.25, -0.2) is 0 Å². The number of aromatic hydroxyl groups is 1. The molecule has 2 N–H and O–H groups in total. The number of phenolic OH excluding ortho intramolecular Hbond substituents is 1. The van der Waals surface area contributed by atoms with Crippen molar-refractivity contribution in [2.75, 3.05) is 7.11 Å². The highest BCUT2D eigenvalue weighted by atomic mass is 16.5. The minimum atomic E-state index is 0.0928. The van der Waals surface area contributed by atoms with Gasteiger partial charge in [-0.2, -0.15) is 0 Å². The summed E-state index contributed by atoms with van der Waals surface area (Å²) in [6, 6.07) is 9.28. The molecule has 0 saturated carbocycles. The number of ether oxygens (including phenoxy) is 1. The summed E-state index contributed by atoms with van der Waals surface area (Å²) in [5.74, 6) is 2.67. The Kier molecular flexibility index (Phi) is 4.12. The molecule has 1 heterocycles. The van der Waals surface area contributed by atoms with Crippen LogP contribution in [0.3, 0.4) is 0 Å². The van der Waals surface area contributed by atoms with E-state index in [4.69, 9.17) is 9.15 Å². The van der Waals surface area contributed by atoms with Gasteiger partial charge >= 0.3 is 0 Å². The third kappa shape index (κ3) is 3.29. The van der Waals surface area contributed by atoms with Crippen LogP contribution in [0, 0.1) is 6.92 Å². The molecular formula is C15H19NO3. The Morgan fingerprint density at radius 2 is 2.11 bits per heavy atom. The topological polar surface area (TPSA) is 54.6 Å². The Hall–Kier alpha value is -1.94. The fourth-order valence-corrected chi connectivity index (χ4v) is 1.87. The second-order valence-corrected chi connectivity index (χ2v) is 4.55. The number of nitrogens with one attached hydrogen (secondary N) is 1. The van der Waals surface area contributed by atoms with Crippen molar-refractivity contribution in [1.29, 1.82) is 0 Å². The van der Waals surface area contributed by atoms with E-state index >= 15 is 0 Å². The lowest BCUT2D eigenvalue weighted by atomic mass is 10.1. The van der Waals surface area contributed by atoms with Crippen LogP contribution in [0.15, 0.2) is 34.7 Å². The lowest BCUT2D eigenvalue weighted by Gasteiger charge is -2.12. The summed E-state index contributed by atoms with van der Waals surface area (Å²) in [7, 11) is 1.58. The molecule has 1 unspecified atom stereocenters. The van der Waals surface area contributed by atoms with Crippen molar-refractivity contribution in [3.63, 3.8) is 0 Å². The quantitative estimate of drug-likeness (QED) is 0.868. The van der Waals surface area contributed by atoms with Crippen LogP contribution in [0.5, 0.6) is 11.5 Å². The molecule has 102 valence electrons. The lowest BCUT2D eigenvalue weighted by Crippen LogP contribution is -2.17. The first-order chi connectivity index (χ1) is 9.10. The van der Waals surface area contributed by atoms with Gasteiger partial charge in [-0.15, -0.1) is 0 Å². The zero-order valence-corrected chi connectivity index (χ0v) is 11.4. The maximum absolute atomic E-state index is 9.87. The Bertz CT molecular complexity index is 548. The van der Waals surface area contributed by atoms with Crippen LogP contribution in [-0.4, -0.2) is 12.2 Å². The highest BCUT2D eigenvalue weighted by molar-refractivity contribution is 5.39. The van der Waals surface area contributed by atoms with Gasteiger partial charge in [0.1, 0.15) is 23.0 Å². The van der Waals surface area contributed by atoms with Crippen molar-refractivity contribution >= 4 is 0 Å². The third-order valence-corrected chi connectivity index (χ3v) is 3.08. The zero-order chi connectivity index (χ0) is 13.8. The molecule has 0 aliphatic carbocycles. The largest absolute Gasteiger partial charge is 0.507 e. The minimum Gasteiger partial charge on any atom is -0.507 e. The summed E-state index contributed by atoms with van der Waals surface area (Å²) >= 11 is 0. The standard InChI is InChI=1S/C15H19NO3/c1-10-4-7-15(19-10)11(2)16-9-12-5-6-13(18-3)8-14(12)17/h4-8,11,16-17H,9H2,1-3H3. The van der Waals surface area contributed by atoms with E-state index in [0.29, 0.717) is 12.3 Å². The van der Waals surface area contributed by atoms with Crippen LogP contribution >= 0.6 is 0 Å². The summed E-state index contributed by atoms with van der Waals surface area (Å²) in [6.45, 7) is 4.51. The highest BCUT2D eigenvalue weighted by Crippen LogP contribution is 2.24. The molecule has 0 spiro atoms. The first-order valence-electron chi connectivity index (χ1n) is 6.25. The van der Waals surface area contributed by atoms with Crippen molar-refractivity contribution in [2.24, 2.45) is 0 Å². The van der Waals surface area contributed by atoms with E-state index in [1.807, 2.05) is 38.1 Å². The predicted molar refractivity (Wildman–Crippen MR) is 73.4 cm³/mol. The molecule has 19 heavy (non-hydrogen) atoms. The number of hydrogen-bond donors (Lipinski definition) is 2. The van der Waals surface area contributed by atoms with E-state index in [9.17, 15) is 5.11 Å². The van der Waals surface area contributed by atoms with Gasteiger partial charge in [0, 0.05) is 18.2 Å². The number of aryl methyl sites for hydroxylation is 1. The number of hydrogen-bond acceptors (Lipinski definition) is 4. The molecule has 0 amide bonds. The molecule has 1 aromatic heterocycles. The van der Waals surface area contributed by atoms with E-state index in [1.165, 1.54) is 0 Å². The first-order valence-corrected chi connectivity index (χ1v) is 6.25. The summed E-state index contributed by atoms with van der Waals surface area (Å²) in [5.41, 5.74) is 0.830. The van der Waals surface area contributed by atoms with Crippen LogP contribution in [0.4, 0.5) is 0 Å². The normalized spacial score (nSPS) is 12.4. The second kappa shape index (κ2) is 5.80. The average Bonchev–Trinajstić information content (AvgIpc) is 2.83. The van der Waals surface area contributed by atoms with Gasteiger partial charge < -0.3 is 19.6 Å². The molecule has 0 aliphatic rings. The van der Waals surface area contributed by atoms with Gasteiger partial charge in [0.15, 0.2) is 0 Å². The summed E-state index contributed by atoms with van der Waals surface area (Å²) in [4.78, 5) is 0. The van der Waals surface area contributed by atoms with Crippen molar-refractivity contribution in [3.05, 3.63) is 47.4 Å². The summed E-state index contributed by atoms with van der Waals surface area (Å²) in [6.07, 6.45) is 0. The van der Waals surface area contributed by atoms with Crippen LogP contribution in [0.2, 0.25) is 0 Å². The van der Waals surface area contributed by atoms with Gasteiger partial charge in [-0.3, -0.25) is 0 Å². The van der Waals surface area contributed by atoms with Crippen LogP contribution in [-0.2, 0) is 6.54 Å². The Morgan fingerprint density at radius 1 is 1.32 bits per heavy atom. The minimum absolute atomic E-state index is 0.0928. The van der Waals surface area contributed by atoms with Crippen LogP contribution < -0.4 is 10.1 Å². The fraction of sp³-hybridized carbons (Fsp3) is 0.333. The van der Waals surface area contributed by atoms with Crippen molar-refractivity contribution in [3.8, 4) is 11.5 Å². The molecular weight excluding hydrogens is 242 g/mol. The monoisotopic (exact) mass is 261 g/mol. The van der Waals surface area contributed by atoms with Crippen LogP contribution in [0.1, 0.15) is 30.0 Å². The van der Waals surface area contributed by atoms with E-state index < -0.39 is 0 Å². The van der Waals surface area contributed by atoms with Gasteiger partial charge in [-0.1, -0.05) is 6.07 Å². The lowest BCUT2D eigenvalue weighted by molar-refractivity contribution is 0.400. The van der Waals surface area contributed by atoms with Gasteiger partial charge in [0.05, 0.1) is 13.2 Å². The zero-order valence-electron chi connectivity index (χ0n) is 11.4. The number of methoxy groups -OCH3 is 1. The smallest absolute Gasteiger partial charge is 0.123 e. The molecule has 0 radical (unpaired) electrons. The maximum Gasteiger partial charge on any atom is 0.123 e. The molecule has 1 atom stereocenters. The van der Waals surface area contributed by atoms with E-state index in [1.54, 1.807) is 13.2 Å². The molecule has 4 heteroatoms. The fourth-order valence-electron chi connectivity index (χ4n) is 1.87. The molecule has 2 aromatic rings. The molecule has 1 aromatic carbocycles. The molecule has 2 rings (SSSR count). The van der Waals surface area contributed by atoms with Gasteiger partial charge in [0.25, 0.3) is 0 Å². The average molecular weight is 261 g/mol. The van der Waals surface area contributed by atoms with Gasteiger partial charge in [0.2, 0.25) is 0 Å². The molecule has 0 aliphatic heterocycles. The highest BCUT2D eigenvalue weighted by Gasteiger charge is 2.10. The number of furan rings is 1. The first kappa shape index (κ1) is 13.5. The van der Waals surface area contributed by atoms with E-state index in [2.05, 4.69) is 5.32 Å². The number of benzene rings is 1. The van der Waals surface area contributed by atoms with Crippen LogP contribution in [0.25, 0.3) is 0 Å². The second-order valence-electron chi connectivity index (χ2n) is 4.55. The Labute approximate surface area is 113 Å². The maximum atomic E-state index is 9.87. The van der Waals surface area contributed by atoms with E-state index in [-0.39, 0.29) is 11.8 Å². The predicted octanol–water partition coefficient (Wildman–Crippen LogP) is 3.15. The van der Waals surface area contributed by atoms with E-state index in [0.717, 1.165) is 17.1 Å². The Morgan fingerprint density at radius 3 is 2.68 bits per heavy atom. The summed E-state index contributed by atoms with van der Waals surface area (Å²) in [5, 5.41) is 13.2. The Balaban J connectivity index is 1.98. The molecule has 4 nitrogen and oxygen atoms in total. The summed E-state index contributed by atoms with van der Waals surface area (Å²) < 4.78 is 10.6. The van der Waals surface area contributed by atoms with Gasteiger partial charge in [-0.05, 0) is 32.0 Å². The molecule has 0 fully saturated rings. The number of rotatable bonds is 5. The van der Waals surface area contributed by atoms with Crippen molar-refractivity contribution in [2.45, 2.75) is 26.4 Å². The van der Waals surface area contributed by atoms with Crippen molar-refractivity contribution < 1.29 is 14.3 Å². The number of phenols is 1. The molecule has 0 saturated heterocycles. The SMILES string of the molecule is COc1ccc(CNC(C)c2ccc(C)o2)c(O)c1. The third-order valence-electron chi connectivity index (χ3n) is 3.08.